The number of nitrogens with zero attached hydrogens (tertiary/aromatic N) is 3. The lowest BCUT2D eigenvalue weighted by Crippen LogP contribution is -2.28. The van der Waals surface area contributed by atoms with Crippen LogP contribution in [-0.2, 0) is 16.6 Å². The molecule has 1 atom stereocenters. The fraction of sp³-hybridized carbons (Fsp3) is 0.450. The number of aromatic nitrogens is 2. The molecule has 0 unspecified atom stereocenters. The lowest BCUT2D eigenvalue weighted by Gasteiger charge is -2.18. The van der Waals surface area contributed by atoms with Crippen LogP contribution >= 0.6 is 23.2 Å². The topological polar surface area (TPSA) is 82.9 Å². The number of hydrogen-bond donors (Lipinski definition) is 0. The Morgan fingerprint density at radius 3 is 2.40 bits per heavy atom. The third kappa shape index (κ3) is 4.49. The van der Waals surface area contributed by atoms with Gasteiger partial charge < -0.3 is 19.1 Å². The number of halogens is 2. The van der Waals surface area contributed by atoms with E-state index in [1.807, 2.05) is 0 Å². The summed E-state index contributed by atoms with van der Waals surface area (Å²) in [6.45, 7) is 4.70. The van der Waals surface area contributed by atoms with E-state index < -0.39 is 12.1 Å². The fourth-order valence-electron chi connectivity index (χ4n) is 3.27. The minimum atomic E-state index is -0.882. The third-order valence-electron chi connectivity index (χ3n) is 4.81. The molecule has 10 heteroatoms. The number of carbonyl (C=O) groups excluding carboxylic acids is 2. The van der Waals surface area contributed by atoms with Crippen molar-refractivity contribution in [2.75, 3.05) is 20.2 Å². The van der Waals surface area contributed by atoms with Crippen LogP contribution in [-0.4, -0.2) is 52.9 Å². The molecule has 30 heavy (non-hydrogen) atoms. The molecule has 1 aromatic heterocycles. The molecule has 2 heterocycles. The number of ether oxygens (including phenoxy) is 3. The van der Waals surface area contributed by atoms with Crippen LogP contribution in [0.25, 0.3) is 0 Å². The molecule has 1 aromatic carbocycles. The first-order valence-electron chi connectivity index (χ1n) is 9.47. The summed E-state index contributed by atoms with van der Waals surface area (Å²) in [6.07, 6.45) is 1.07. The zero-order chi connectivity index (χ0) is 22.0. The highest BCUT2D eigenvalue weighted by molar-refractivity contribution is 6.36. The predicted molar refractivity (Wildman–Crippen MR) is 112 cm³/mol. The molecular weight excluding hydrogens is 433 g/mol. The van der Waals surface area contributed by atoms with Crippen LogP contribution in [0.1, 0.15) is 35.8 Å². The van der Waals surface area contributed by atoms with Crippen molar-refractivity contribution in [1.29, 1.82) is 0 Å². The Balaban J connectivity index is 1.94. The smallest absolute Gasteiger partial charge is 0.346 e. The molecule has 0 saturated carbocycles. The second-order valence-corrected chi connectivity index (χ2v) is 7.80. The van der Waals surface area contributed by atoms with Gasteiger partial charge in [-0.2, -0.15) is 5.10 Å². The number of hydrogen-bond acceptors (Lipinski definition) is 6. The van der Waals surface area contributed by atoms with Gasteiger partial charge in [-0.1, -0.05) is 23.2 Å². The Hall–Kier alpha value is -2.45. The molecule has 0 N–H and O–H groups in total. The van der Waals surface area contributed by atoms with E-state index in [2.05, 4.69) is 9.84 Å². The molecule has 1 saturated heterocycles. The molecule has 0 radical (unpaired) electrons. The van der Waals surface area contributed by atoms with Crippen molar-refractivity contribution >= 4 is 35.1 Å². The summed E-state index contributed by atoms with van der Waals surface area (Å²) in [7, 11) is 2.95. The van der Waals surface area contributed by atoms with Crippen LogP contribution in [0.2, 0.25) is 10.0 Å². The molecule has 1 fully saturated rings. The third-order valence-corrected chi connectivity index (χ3v) is 5.40. The van der Waals surface area contributed by atoms with Crippen LogP contribution in [0.4, 0.5) is 0 Å². The number of aryl methyl sites for hydroxylation is 2. The first-order chi connectivity index (χ1) is 14.2. The lowest BCUT2D eigenvalue weighted by atomic mass is 10.2. The van der Waals surface area contributed by atoms with E-state index >= 15 is 0 Å². The molecular formula is C20H23Cl2N3O5. The minimum absolute atomic E-state index is 0.131. The minimum Gasteiger partial charge on any atom is -0.477 e. The van der Waals surface area contributed by atoms with E-state index in [4.69, 9.17) is 32.7 Å². The van der Waals surface area contributed by atoms with Crippen molar-refractivity contribution in [1.82, 2.24) is 14.7 Å². The number of carbonyl (C=O) groups is 2. The van der Waals surface area contributed by atoms with Gasteiger partial charge >= 0.3 is 5.97 Å². The summed E-state index contributed by atoms with van der Waals surface area (Å²) >= 11 is 12.5. The van der Waals surface area contributed by atoms with Crippen molar-refractivity contribution in [3.63, 3.8) is 0 Å². The summed E-state index contributed by atoms with van der Waals surface area (Å²) in [6, 6.07) is 2.92. The molecule has 0 aliphatic carbocycles. The molecule has 162 valence electrons. The quantitative estimate of drug-likeness (QED) is 0.611. The van der Waals surface area contributed by atoms with Crippen molar-refractivity contribution in [3.05, 3.63) is 33.4 Å². The molecule has 3 rings (SSSR count). The van der Waals surface area contributed by atoms with Crippen LogP contribution in [0.5, 0.6) is 17.4 Å². The number of esters is 1. The molecule has 1 amide bonds. The monoisotopic (exact) mass is 455 g/mol. The van der Waals surface area contributed by atoms with Gasteiger partial charge in [0.1, 0.15) is 11.3 Å². The van der Waals surface area contributed by atoms with Gasteiger partial charge in [-0.15, -0.1) is 0 Å². The fourth-order valence-corrected chi connectivity index (χ4v) is 3.73. The number of rotatable bonds is 6. The van der Waals surface area contributed by atoms with E-state index in [0.717, 1.165) is 12.8 Å². The van der Waals surface area contributed by atoms with Gasteiger partial charge in [0, 0.05) is 26.2 Å². The van der Waals surface area contributed by atoms with Crippen molar-refractivity contribution in [3.8, 4) is 17.4 Å². The normalized spacial score (nSPS) is 14.5. The Morgan fingerprint density at radius 1 is 1.13 bits per heavy atom. The standard InChI is InChI=1S/C20H23Cl2N3O5/c1-11-17(18(26)25-7-5-6-8-25)19(24(3)23-11)30-16-10-15(13(21)9-14(16)22)29-12(2)20(27)28-4/h9-10,12H,5-8H2,1-4H3/t12-/m0/s1. The van der Waals surface area contributed by atoms with Gasteiger partial charge in [-0.3, -0.25) is 4.79 Å². The van der Waals surface area contributed by atoms with Crippen molar-refractivity contribution < 1.29 is 23.8 Å². The summed E-state index contributed by atoms with van der Waals surface area (Å²) in [5.41, 5.74) is 0.945. The highest BCUT2D eigenvalue weighted by Crippen LogP contribution is 2.39. The molecule has 8 nitrogen and oxygen atoms in total. The van der Waals surface area contributed by atoms with E-state index in [1.165, 1.54) is 30.8 Å². The van der Waals surface area contributed by atoms with E-state index in [0.29, 0.717) is 24.3 Å². The summed E-state index contributed by atoms with van der Waals surface area (Å²) < 4.78 is 17.7. The Labute approximate surface area is 184 Å². The second kappa shape index (κ2) is 9.14. The van der Waals surface area contributed by atoms with Crippen LogP contribution in [0.3, 0.4) is 0 Å². The number of likely N-dealkylation sites (tertiary alicyclic amines) is 1. The van der Waals surface area contributed by atoms with Gasteiger partial charge in [0.15, 0.2) is 11.9 Å². The van der Waals surface area contributed by atoms with Gasteiger partial charge in [-0.25, -0.2) is 9.48 Å². The van der Waals surface area contributed by atoms with E-state index in [9.17, 15) is 9.59 Å². The number of methoxy groups -OCH3 is 1. The van der Waals surface area contributed by atoms with Crippen LogP contribution in [0.15, 0.2) is 12.1 Å². The number of benzene rings is 1. The summed E-state index contributed by atoms with van der Waals surface area (Å²) in [4.78, 5) is 26.5. The molecule has 0 spiro atoms. The highest BCUT2D eigenvalue weighted by atomic mass is 35.5. The molecule has 1 aliphatic heterocycles. The molecule has 2 aromatic rings. The average Bonchev–Trinajstić information content (AvgIpc) is 3.32. The van der Waals surface area contributed by atoms with E-state index in [-0.39, 0.29) is 33.3 Å². The van der Waals surface area contributed by atoms with E-state index in [1.54, 1.807) is 18.9 Å². The van der Waals surface area contributed by atoms with Crippen molar-refractivity contribution in [2.45, 2.75) is 32.8 Å². The SMILES string of the molecule is COC(=O)[C@H](C)Oc1cc(Oc2c(C(=O)N3CCCC3)c(C)nn2C)c(Cl)cc1Cl. The maximum absolute atomic E-state index is 13.0. The second-order valence-electron chi connectivity index (χ2n) is 6.99. The maximum Gasteiger partial charge on any atom is 0.346 e. The van der Waals surface area contributed by atoms with Gasteiger partial charge in [0.2, 0.25) is 5.88 Å². The van der Waals surface area contributed by atoms with Gasteiger partial charge in [-0.05, 0) is 32.8 Å². The maximum atomic E-state index is 13.0. The lowest BCUT2D eigenvalue weighted by molar-refractivity contribution is -0.147. The first kappa shape index (κ1) is 22.2. The highest BCUT2D eigenvalue weighted by Gasteiger charge is 2.29. The van der Waals surface area contributed by atoms with Crippen LogP contribution < -0.4 is 9.47 Å². The predicted octanol–water partition coefficient (Wildman–Crippen LogP) is 4.00. The zero-order valence-electron chi connectivity index (χ0n) is 17.2. The van der Waals surface area contributed by atoms with Crippen LogP contribution in [0, 0.1) is 6.92 Å². The molecule has 1 aliphatic rings. The average molecular weight is 456 g/mol. The Kier molecular flexibility index (Phi) is 6.77. The summed E-state index contributed by atoms with van der Waals surface area (Å²) in [5, 5.41) is 4.76. The largest absolute Gasteiger partial charge is 0.477 e. The first-order valence-corrected chi connectivity index (χ1v) is 10.2. The molecule has 0 bridgehead atoms. The summed E-state index contributed by atoms with van der Waals surface area (Å²) in [5.74, 6) is -0.00863. The Bertz CT molecular complexity index is 970. The zero-order valence-corrected chi connectivity index (χ0v) is 18.7. The Morgan fingerprint density at radius 2 is 1.77 bits per heavy atom. The number of amides is 1. The van der Waals surface area contributed by atoms with Gasteiger partial charge in [0.05, 0.1) is 22.8 Å². The van der Waals surface area contributed by atoms with Gasteiger partial charge in [0.25, 0.3) is 5.91 Å². The van der Waals surface area contributed by atoms with Crippen molar-refractivity contribution in [2.24, 2.45) is 7.05 Å².